The Morgan fingerprint density at radius 3 is 2.14 bits per heavy atom. The van der Waals surface area contributed by atoms with Crippen LogP contribution in [0.1, 0.15) is 57.8 Å². The maximum absolute atomic E-state index is 10.8. The van der Waals surface area contributed by atoms with E-state index in [0.717, 1.165) is 12.3 Å². The summed E-state index contributed by atoms with van der Waals surface area (Å²) >= 11 is 0. The van der Waals surface area contributed by atoms with Crippen molar-refractivity contribution >= 4 is 0 Å². The van der Waals surface area contributed by atoms with Gasteiger partial charge in [-0.1, -0.05) is 50.1 Å². The molecule has 14 heavy (non-hydrogen) atoms. The topological polar surface area (TPSA) is 29.4 Å². The second kappa shape index (κ2) is 4.90. The first-order chi connectivity index (χ1) is 6.92. The first-order valence-corrected chi connectivity index (χ1v) is 6.24. The zero-order chi connectivity index (χ0) is 9.80. The molecule has 0 radical (unpaired) electrons. The van der Waals surface area contributed by atoms with Crippen LogP contribution >= 0.6 is 0 Å². The molecule has 2 saturated carbocycles. The summed E-state index contributed by atoms with van der Waals surface area (Å²) in [7, 11) is 0. The second-order valence-corrected chi connectivity index (χ2v) is 5.02. The Bertz CT molecular complexity index is 187. The smallest absolute Gasteiger partial charge is 0.0950 e. The van der Waals surface area contributed by atoms with Crippen molar-refractivity contribution in [3.8, 4) is 0 Å². The Hall–Kier alpha value is -0.400. The normalized spacial score (nSPS) is 35.4. The maximum Gasteiger partial charge on any atom is 0.0950 e. The van der Waals surface area contributed by atoms with E-state index in [4.69, 9.17) is 0 Å². The summed E-state index contributed by atoms with van der Waals surface area (Å²) < 4.78 is 0. The van der Waals surface area contributed by atoms with Crippen molar-refractivity contribution in [2.45, 2.75) is 63.8 Å². The molecule has 2 aliphatic rings. The van der Waals surface area contributed by atoms with Gasteiger partial charge in [0.1, 0.15) is 0 Å². The average molecular weight is 195 g/mol. The number of nitroso groups, excluding NO2 is 1. The van der Waals surface area contributed by atoms with Gasteiger partial charge in [-0.05, 0) is 24.7 Å². The van der Waals surface area contributed by atoms with Crippen LogP contribution in [0.25, 0.3) is 0 Å². The lowest BCUT2D eigenvalue weighted by atomic mass is 9.71. The molecular formula is C12H21NO. The number of nitrogens with zero attached hydrogens (tertiary/aromatic N) is 1. The fourth-order valence-corrected chi connectivity index (χ4v) is 3.38. The minimum atomic E-state index is 0.159. The van der Waals surface area contributed by atoms with Crippen LogP contribution in [0.2, 0.25) is 0 Å². The Balaban J connectivity index is 1.94. The highest BCUT2D eigenvalue weighted by atomic mass is 16.3. The highest BCUT2D eigenvalue weighted by Gasteiger charge is 2.33. The van der Waals surface area contributed by atoms with Crippen molar-refractivity contribution in [1.29, 1.82) is 0 Å². The number of hydrogen-bond acceptors (Lipinski definition) is 2. The monoisotopic (exact) mass is 195 g/mol. The predicted octanol–water partition coefficient (Wildman–Crippen LogP) is 3.89. The Kier molecular flexibility index (Phi) is 3.55. The van der Waals surface area contributed by atoms with Crippen LogP contribution < -0.4 is 0 Å². The van der Waals surface area contributed by atoms with Gasteiger partial charge in [-0.3, -0.25) is 0 Å². The molecule has 0 saturated heterocycles. The zero-order valence-corrected chi connectivity index (χ0v) is 8.95. The number of rotatable bonds is 2. The summed E-state index contributed by atoms with van der Waals surface area (Å²) in [5.41, 5.74) is 0. The largest absolute Gasteiger partial charge is 0.151 e. The van der Waals surface area contributed by atoms with Gasteiger partial charge in [0.05, 0.1) is 6.04 Å². The fraction of sp³-hybridized carbons (Fsp3) is 1.00. The van der Waals surface area contributed by atoms with Gasteiger partial charge in [0.25, 0.3) is 0 Å². The lowest BCUT2D eigenvalue weighted by molar-refractivity contribution is 0.172. The van der Waals surface area contributed by atoms with E-state index in [1.807, 2.05) is 0 Å². The first kappa shape index (κ1) is 10.1. The van der Waals surface area contributed by atoms with Gasteiger partial charge in [0.15, 0.2) is 0 Å². The molecule has 0 amide bonds. The van der Waals surface area contributed by atoms with Crippen molar-refractivity contribution in [1.82, 2.24) is 0 Å². The standard InChI is InChI=1S/C12H21NO/c14-13-12-9-5-4-8-11(12)10-6-2-1-3-7-10/h10-12H,1-9H2. The summed E-state index contributed by atoms with van der Waals surface area (Å²) in [5, 5.41) is 3.35. The summed E-state index contributed by atoms with van der Waals surface area (Å²) in [5.74, 6) is 1.47. The van der Waals surface area contributed by atoms with Crippen LogP contribution in [0, 0.1) is 16.7 Å². The molecule has 0 N–H and O–H groups in total. The average Bonchev–Trinajstić information content (AvgIpc) is 2.30. The van der Waals surface area contributed by atoms with Crippen molar-refractivity contribution in [3.63, 3.8) is 0 Å². The molecule has 0 spiro atoms. The highest BCUT2D eigenvalue weighted by Crippen LogP contribution is 2.39. The van der Waals surface area contributed by atoms with Crippen LogP contribution in [0.3, 0.4) is 0 Å². The summed E-state index contributed by atoms with van der Waals surface area (Å²) in [6, 6.07) is 0.159. The van der Waals surface area contributed by atoms with Gasteiger partial charge >= 0.3 is 0 Å². The highest BCUT2D eigenvalue weighted by molar-refractivity contribution is 4.86. The van der Waals surface area contributed by atoms with Crippen LogP contribution in [-0.2, 0) is 0 Å². The van der Waals surface area contributed by atoms with E-state index in [1.54, 1.807) is 0 Å². The molecule has 2 unspecified atom stereocenters. The molecular weight excluding hydrogens is 174 g/mol. The van der Waals surface area contributed by atoms with Crippen LogP contribution in [-0.4, -0.2) is 6.04 Å². The van der Waals surface area contributed by atoms with Crippen LogP contribution in [0.4, 0.5) is 0 Å². The molecule has 2 aliphatic carbocycles. The molecule has 80 valence electrons. The Morgan fingerprint density at radius 2 is 1.43 bits per heavy atom. The third-order valence-corrected chi connectivity index (χ3v) is 4.17. The molecule has 0 heterocycles. The van der Waals surface area contributed by atoms with Gasteiger partial charge in [0.2, 0.25) is 0 Å². The molecule has 2 rings (SSSR count). The molecule has 0 aliphatic heterocycles. The van der Waals surface area contributed by atoms with E-state index in [1.165, 1.54) is 51.4 Å². The number of hydrogen-bond donors (Lipinski definition) is 0. The lowest BCUT2D eigenvalue weighted by Gasteiger charge is -2.35. The van der Waals surface area contributed by atoms with Crippen molar-refractivity contribution in [2.75, 3.05) is 0 Å². The molecule has 0 aromatic carbocycles. The molecule has 0 bridgehead atoms. The summed E-state index contributed by atoms with van der Waals surface area (Å²) in [6.07, 6.45) is 11.8. The van der Waals surface area contributed by atoms with E-state index >= 15 is 0 Å². The van der Waals surface area contributed by atoms with E-state index in [9.17, 15) is 4.91 Å². The molecule has 2 fully saturated rings. The van der Waals surface area contributed by atoms with Crippen molar-refractivity contribution in [3.05, 3.63) is 4.91 Å². The van der Waals surface area contributed by atoms with Gasteiger partial charge < -0.3 is 0 Å². The lowest BCUT2D eigenvalue weighted by Crippen LogP contribution is -2.30. The fourth-order valence-electron chi connectivity index (χ4n) is 3.38. The van der Waals surface area contributed by atoms with E-state index in [2.05, 4.69) is 5.18 Å². The summed E-state index contributed by atoms with van der Waals surface area (Å²) in [4.78, 5) is 10.8. The third-order valence-electron chi connectivity index (χ3n) is 4.17. The van der Waals surface area contributed by atoms with E-state index in [0.29, 0.717) is 5.92 Å². The Labute approximate surface area is 86.4 Å². The van der Waals surface area contributed by atoms with Gasteiger partial charge in [-0.25, -0.2) is 0 Å². The summed E-state index contributed by atoms with van der Waals surface area (Å²) in [6.45, 7) is 0. The quantitative estimate of drug-likeness (QED) is 0.614. The predicted molar refractivity (Wildman–Crippen MR) is 58.1 cm³/mol. The first-order valence-electron chi connectivity index (χ1n) is 6.24. The van der Waals surface area contributed by atoms with E-state index in [-0.39, 0.29) is 6.04 Å². The SMILES string of the molecule is O=NC1CCCCC1C1CCCCC1. The molecule has 0 aromatic heterocycles. The molecule has 2 heteroatoms. The zero-order valence-electron chi connectivity index (χ0n) is 8.95. The molecule has 0 aromatic rings. The Morgan fingerprint density at radius 1 is 0.786 bits per heavy atom. The minimum Gasteiger partial charge on any atom is -0.151 e. The van der Waals surface area contributed by atoms with Gasteiger partial charge in [-0.2, -0.15) is 4.91 Å². The second-order valence-electron chi connectivity index (χ2n) is 5.02. The van der Waals surface area contributed by atoms with Gasteiger partial charge in [-0.15, -0.1) is 0 Å². The minimum absolute atomic E-state index is 0.159. The van der Waals surface area contributed by atoms with Crippen LogP contribution in [0.5, 0.6) is 0 Å². The van der Waals surface area contributed by atoms with Crippen molar-refractivity contribution < 1.29 is 0 Å². The molecule has 2 nitrogen and oxygen atoms in total. The van der Waals surface area contributed by atoms with Gasteiger partial charge in [0, 0.05) is 0 Å². The van der Waals surface area contributed by atoms with E-state index < -0.39 is 0 Å². The third kappa shape index (κ3) is 2.15. The van der Waals surface area contributed by atoms with Crippen LogP contribution in [0.15, 0.2) is 5.18 Å². The van der Waals surface area contributed by atoms with Crippen molar-refractivity contribution in [2.24, 2.45) is 17.0 Å². The maximum atomic E-state index is 10.8. The molecule has 2 atom stereocenters.